The number of allylic oxidation sites excluding steroid dienone is 20. The number of hydrogen-bond donors (Lipinski definition) is 3. The maximum atomic E-state index is 12.4. The average molecular weight is 811 g/mol. The standard InChI is InChI=1S/C47H71O9P/c1-3-5-7-9-11-12-13-14-15-16-17-18-19-20-21-25-28-32-36-40-46(49)54-42-45(43-55-57(51,52)53)56-47(50)41-37-33-29-26-23-22-24-27-31-35-39-44(48)38-34-30-10-8-6-4-2/h5-8,11-12,14-15,17-18,20-23,27,29-31,33-35,39,44-45,48H,3-4,9-10,13,16,19,24-26,28,32,36-38,40-43H2,1-2H3,(H2,51,52,53)/b7-5-,8-6-,12-11-,15-14-,18-17-,21-20-,23-22-,31-27-,33-29-,34-30-,39-35+/t44?,45-/m1/s1. The molecule has 0 heterocycles. The van der Waals surface area contributed by atoms with Crippen molar-refractivity contribution in [2.24, 2.45) is 0 Å². The number of unbranched alkanes of at least 4 members (excludes halogenated alkanes) is 3. The Morgan fingerprint density at radius 3 is 1.58 bits per heavy atom. The molecule has 0 radical (unpaired) electrons. The SMILES string of the molecule is CC/C=C\C/C=C\C/C=C\C/C=C\C/C=C\CCCCCC(=O)OC[C@H](COP(=O)(O)O)OC(=O)CC/C=C\C/C=C\C/C=C\C=C\C(O)C/C=C\C/C=C\CC. The highest BCUT2D eigenvalue weighted by molar-refractivity contribution is 7.46. The fraction of sp³-hybridized carbons (Fsp3) is 0.489. The normalized spacial score (nSPS) is 14.4. The molecule has 0 aromatic heterocycles. The Kier molecular flexibility index (Phi) is 37.6. The van der Waals surface area contributed by atoms with Gasteiger partial charge in [-0.05, 0) is 89.9 Å². The van der Waals surface area contributed by atoms with Crippen molar-refractivity contribution >= 4 is 19.8 Å². The van der Waals surface area contributed by atoms with Crippen LogP contribution in [0.25, 0.3) is 0 Å². The first-order valence-electron chi connectivity index (χ1n) is 20.6. The first kappa shape index (κ1) is 53.1. The molecule has 0 aliphatic rings. The summed E-state index contributed by atoms with van der Waals surface area (Å²) in [7, 11) is -4.81. The number of aliphatic hydroxyl groups is 1. The van der Waals surface area contributed by atoms with E-state index >= 15 is 0 Å². The number of hydrogen-bond acceptors (Lipinski definition) is 7. The number of ether oxygens (including phenoxy) is 2. The van der Waals surface area contributed by atoms with Gasteiger partial charge in [-0.3, -0.25) is 14.1 Å². The van der Waals surface area contributed by atoms with Crippen molar-refractivity contribution in [2.45, 2.75) is 135 Å². The molecule has 0 aliphatic heterocycles. The van der Waals surface area contributed by atoms with E-state index in [2.05, 4.69) is 91.3 Å². The molecule has 3 N–H and O–H groups in total. The van der Waals surface area contributed by atoms with Crippen LogP contribution in [0.1, 0.15) is 123 Å². The van der Waals surface area contributed by atoms with Crippen LogP contribution in [0.2, 0.25) is 0 Å². The predicted octanol–water partition coefficient (Wildman–Crippen LogP) is 11.7. The largest absolute Gasteiger partial charge is 0.469 e. The van der Waals surface area contributed by atoms with Gasteiger partial charge in [0.25, 0.3) is 0 Å². The molecule has 0 rings (SSSR count). The summed E-state index contributed by atoms with van der Waals surface area (Å²) in [6.07, 6.45) is 56.4. The van der Waals surface area contributed by atoms with Gasteiger partial charge in [-0.1, -0.05) is 154 Å². The number of esters is 2. The van der Waals surface area contributed by atoms with Crippen LogP contribution in [0.4, 0.5) is 0 Å². The Morgan fingerprint density at radius 1 is 0.544 bits per heavy atom. The highest BCUT2D eigenvalue weighted by Gasteiger charge is 2.22. The zero-order chi connectivity index (χ0) is 41.9. The Bertz CT molecular complexity index is 1390. The monoisotopic (exact) mass is 810 g/mol. The summed E-state index contributed by atoms with van der Waals surface area (Å²) in [5, 5.41) is 9.97. The third-order valence-corrected chi connectivity index (χ3v) is 8.24. The lowest BCUT2D eigenvalue weighted by molar-refractivity contribution is -0.161. The van der Waals surface area contributed by atoms with E-state index < -0.39 is 38.6 Å². The molecule has 0 saturated carbocycles. The molecule has 1 unspecified atom stereocenters. The topological polar surface area (TPSA) is 140 Å². The van der Waals surface area contributed by atoms with E-state index in [0.29, 0.717) is 25.7 Å². The smallest absolute Gasteiger partial charge is 0.462 e. The molecule has 10 heteroatoms. The summed E-state index contributed by atoms with van der Waals surface area (Å²) in [6, 6.07) is 0. The molecule has 0 aromatic carbocycles. The first-order valence-corrected chi connectivity index (χ1v) is 22.1. The van der Waals surface area contributed by atoms with Crippen LogP contribution in [0.3, 0.4) is 0 Å². The molecule has 9 nitrogen and oxygen atoms in total. The lowest BCUT2D eigenvalue weighted by Gasteiger charge is -2.18. The van der Waals surface area contributed by atoms with Crippen LogP contribution in [0, 0.1) is 0 Å². The van der Waals surface area contributed by atoms with Crippen LogP contribution in [0.5, 0.6) is 0 Å². The van der Waals surface area contributed by atoms with E-state index in [-0.39, 0.29) is 19.4 Å². The molecule has 0 bridgehead atoms. The van der Waals surface area contributed by atoms with Gasteiger partial charge in [0.1, 0.15) is 6.61 Å². The summed E-state index contributed by atoms with van der Waals surface area (Å²) in [5.41, 5.74) is 0. The third-order valence-electron chi connectivity index (χ3n) is 7.76. The fourth-order valence-electron chi connectivity index (χ4n) is 4.74. The van der Waals surface area contributed by atoms with Crippen LogP contribution in [0.15, 0.2) is 134 Å². The van der Waals surface area contributed by atoms with Crippen molar-refractivity contribution in [3.63, 3.8) is 0 Å². The van der Waals surface area contributed by atoms with Gasteiger partial charge in [0.15, 0.2) is 6.10 Å². The van der Waals surface area contributed by atoms with Crippen LogP contribution in [-0.2, 0) is 28.2 Å². The van der Waals surface area contributed by atoms with Crippen LogP contribution >= 0.6 is 7.82 Å². The fourth-order valence-corrected chi connectivity index (χ4v) is 5.10. The molecular weight excluding hydrogens is 739 g/mol. The van der Waals surface area contributed by atoms with E-state index in [1.165, 1.54) is 0 Å². The summed E-state index contributed by atoms with van der Waals surface area (Å²) >= 11 is 0. The van der Waals surface area contributed by atoms with Gasteiger partial charge in [0, 0.05) is 12.8 Å². The number of rotatable bonds is 35. The molecule has 0 amide bonds. The summed E-state index contributed by atoms with van der Waals surface area (Å²) in [6.45, 7) is 3.28. The van der Waals surface area contributed by atoms with E-state index in [0.717, 1.165) is 70.6 Å². The van der Waals surface area contributed by atoms with Gasteiger partial charge in [0.2, 0.25) is 0 Å². The van der Waals surface area contributed by atoms with Crippen molar-refractivity contribution in [2.75, 3.05) is 13.2 Å². The number of carbonyl (C=O) groups is 2. The minimum Gasteiger partial charge on any atom is -0.462 e. The summed E-state index contributed by atoms with van der Waals surface area (Å²) in [4.78, 5) is 42.8. The zero-order valence-electron chi connectivity index (χ0n) is 34.5. The van der Waals surface area contributed by atoms with Crippen molar-refractivity contribution in [3.8, 4) is 0 Å². The molecule has 0 aromatic rings. The van der Waals surface area contributed by atoms with E-state index in [1.807, 2.05) is 54.7 Å². The molecule has 57 heavy (non-hydrogen) atoms. The number of phosphoric ester groups is 1. The lowest BCUT2D eigenvalue weighted by atomic mass is 10.1. The molecular formula is C47H71O9P. The van der Waals surface area contributed by atoms with Crippen LogP contribution < -0.4 is 0 Å². The quantitative estimate of drug-likeness (QED) is 0.0188. The Hall–Kier alpha value is -3.85. The molecule has 0 aliphatic carbocycles. The van der Waals surface area contributed by atoms with E-state index in [4.69, 9.17) is 19.3 Å². The number of aliphatic hydroxyl groups excluding tert-OH is 1. The first-order chi connectivity index (χ1) is 27.7. The zero-order valence-corrected chi connectivity index (χ0v) is 35.4. The summed E-state index contributed by atoms with van der Waals surface area (Å²) in [5.74, 6) is -1.07. The van der Waals surface area contributed by atoms with E-state index in [9.17, 15) is 19.3 Å². The Balaban J connectivity index is 4.22. The van der Waals surface area contributed by atoms with Gasteiger partial charge < -0.3 is 24.4 Å². The van der Waals surface area contributed by atoms with Gasteiger partial charge in [-0.25, -0.2) is 4.57 Å². The minimum absolute atomic E-state index is 0.0467. The van der Waals surface area contributed by atoms with E-state index in [1.54, 1.807) is 6.08 Å². The average Bonchev–Trinajstić information content (AvgIpc) is 3.18. The molecule has 0 fully saturated rings. The second-order valence-corrected chi connectivity index (χ2v) is 14.3. The highest BCUT2D eigenvalue weighted by atomic mass is 31.2. The van der Waals surface area contributed by atoms with Gasteiger partial charge in [0.05, 0.1) is 12.7 Å². The maximum Gasteiger partial charge on any atom is 0.469 e. The summed E-state index contributed by atoms with van der Waals surface area (Å²) < 4.78 is 26.2. The Labute approximate surface area is 344 Å². The highest BCUT2D eigenvalue weighted by Crippen LogP contribution is 2.35. The van der Waals surface area contributed by atoms with Crippen molar-refractivity contribution in [1.82, 2.24) is 0 Å². The predicted molar refractivity (Wildman–Crippen MR) is 235 cm³/mol. The molecule has 318 valence electrons. The Morgan fingerprint density at radius 2 is 1.04 bits per heavy atom. The number of carbonyl (C=O) groups excluding carboxylic acids is 2. The molecule has 0 spiro atoms. The second-order valence-electron chi connectivity index (χ2n) is 13.0. The van der Waals surface area contributed by atoms with Crippen molar-refractivity contribution in [1.29, 1.82) is 0 Å². The third kappa shape index (κ3) is 43.1. The maximum absolute atomic E-state index is 12.4. The number of phosphoric acid groups is 1. The van der Waals surface area contributed by atoms with Gasteiger partial charge in [-0.15, -0.1) is 0 Å². The van der Waals surface area contributed by atoms with Gasteiger partial charge in [-0.2, -0.15) is 0 Å². The molecule has 2 atom stereocenters. The van der Waals surface area contributed by atoms with Crippen molar-refractivity contribution in [3.05, 3.63) is 134 Å². The van der Waals surface area contributed by atoms with Crippen molar-refractivity contribution < 1.29 is 43.0 Å². The minimum atomic E-state index is -4.81. The molecule has 0 saturated heterocycles. The second kappa shape index (κ2) is 40.4. The van der Waals surface area contributed by atoms with Gasteiger partial charge >= 0.3 is 19.8 Å². The van der Waals surface area contributed by atoms with Crippen LogP contribution in [-0.4, -0.2) is 52.3 Å². The lowest BCUT2D eigenvalue weighted by Crippen LogP contribution is -2.29.